The number of non-ortho nitro benzene ring substituents is 1. The second kappa shape index (κ2) is 13.1. The van der Waals surface area contributed by atoms with Gasteiger partial charge in [-0.15, -0.1) is 11.8 Å². The van der Waals surface area contributed by atoms with Crippen molar-refractivity contribution in [3.8, 4) is 11.5 Å². The molecule has 0 bridgehead atoms. The highest BCUT2D eigenvalue weighted by Crippen LogP contribution is 2.34. The normalized spacial score (nSPS) is 10.8. The standard InChI is InChI=1S/C24H21BrClN3O5S/c1-2-33-22-11-17(13-27-28-24(30)15-35-20-8-6-18(26)7-9-20)21(25)12-23(22)34-14-16-4-3-5-19(10-16)29(31)32/h3-13H,2,14-15H2,1H3,(H,28,30)/b27-13-. The van der Waals surface area contributed by atoms with Crippen molar-refractivity contribution in [3.63, 3.8) is 0 Å². The molecule has 0 saturated carbocycles. The summed E-state index contributed by atoms with van der Waals surface area (Å²) in [4.78, 5) is 23.6. The van der Waals surface area contributed by atoms with Gasteiger partial charge in [0, 0.05) is 32.1 Å². The van der Waals surface area contributed by atoms with E-state index in [1.54, 1.807) is 36.4 Å². The Morgan fingerprint density at radius 2 is 1.91 bits per heavy atom. The average Bonchev–Trinajstić information content (AvgIpc) is 2.84. The van der Waals surface area contributed by atoms with Gasteiger partial charge in [-0.05, 0) is 64.8 Å². The van der Waals surface area contributed by atoms with Crippen LogP contribution in [-0.4, -0.2) is 29.4 Å². The predicted octanol–water partition coefficient (Wildman–Crippen LogP) is 6.23. The number of hydrazone groups is 1. The van der Waals surface area contributed by atoms with Gasteiger partial charge in [-0.1, -0.05) is 23.7 Å². The van der Waals surface area contributed by atoms with Crippen LogP contribution in [0.2, 0.25) is 5.02 Å². The summed E-state index contributed by atoms with van der Waals surface area (Å²) in [5.41, 5.74) is 3.82. The number of ether oxygens (including phenoxy) is 2. The molecule has 0 aliphatic heterocycles. The third-order valence-corrected chi connectivity index (χ3v) is 6.41. The van der Waals surface area contributed by atoms with Crippen LogP contribution in [-0.2, 0) is 11.4 Å². The maximum Gasteiger partial charge on any atom is 0.269 e. The predicted molar refractivity (Wildman–Crippen MR) is 141 cm³/mol. The first-order valence-corrected chi connectivity index (χ1v) is 12.5. The number of nitrogens with zero attached hydrogens (tertiary/aromatic N) is 2. The number of carbonyl (C=O) groups is 1. The molecule has 11 heteroatoms. The molecular weight excluding hydrogens is 558 g/mol. The second-order valence-electron chi connectivity index (χ2n) is 7.00. The SMILES string of the molecule is CCOc1cc(/C=N\NC(=O)CSc2ccc(Cl)cc2)c(Br)cc1OCc1cccc([N+](=O)[O-])c1. The van der Waals surface area contributed by atoms with Crippen molar-refractivity contribution >= 4 is 57.1 Å². The third-order valence-electron chi connectivity index (χ3n) is 4.46. The highest BCUT2D eigenvalue weighted by molar-refractivity contribution is 9.10. The van der Waals surface area contributed by atoms with E-state index in [1.807, 2.05) is 19.1 Å². The van der Waals surface area contributed by atoms with Gasteiger partial charge in [0.15, 0.2) is 11.5 Å². The van der Waals surface area contributed by atoms with E-state index in [4.69, 9.17) is 21.1 Å². The van der Waals surface area contributed by atoms with E-state index < -0.39 is 4.92 Å². The number of benzene rings is 3. The fourth-order valence-corrected chi connectivity index (χ4v) is 4.08. The molecule has 35 heavy (non-hydrogen) atoms. The smallest absolute Gasteiger partial charge is 0.269 e. The molecule has 3 aromatic carbocycles. The van der Waals surface area contributed by atoms with Crippen LogP contribution in [0.15, 0.2) is 75.1 Å². The van der Waals surface area contributed by atoms with Crippen LogP contribution in [0.25, 0.3) is 0 Å². The highest BCUT2D eigenvalue weighted by Gasteiger charge is 2.12. The molecule has 0 aromatic heterocycles. The van der Waals surface area contributed by atoms with Crippen LogP contribution in [0, 0.1) is 10.1 Å². The van der Waals surface area contributed by atoms with Gasteiger partial charge in [-0.3, -0.25) is 14.9 Å². The number of hydrogen-bond donors (Lipinski definition) is 1. The lowest BCUT2D eigenvalue weighted by molar-refractivity contribution is -0.384. The summed E-state index contributed by atoms with van der Waals surface area (Å²) >= 11 is 10.7. The number of nitro benzene ring substituents is 1. The summed E-state index contributed by atoms with van der Waals surface area (Å²) in [6.07, 6.45) is 1.50. The van der Waals surface area contributed by atoms with E-state index >= 15 is 0 Å². The van der Waals surface area contributed by atoms with Crippen molar-refractivity contribution < 1.29 is 19.2 Å². The first-order chi connectivity index (χ1) is 16.9. The third kappa shape index (κ3) is 8.27. The lowest BCUT2D eigenvalue weighted by Gasteiger charge is -2.14. The first kappa shape index (κ1) is 26.5. The van der Waals surface area contributed by atoms with Crippen molar-refractivity contribution in [1.29, 1.82) is 0 Å². The maximum atomic E-state index is 12.1. The van der Waals surface area contributed by atoms with E-state index in [0.717, 1.165) is 4.90 Å². The van der Waals surface area contributed by atoms with Crippen molar-refractivity contribution in [2.24, 2.45) is 5.10 Å². The van der Waals surface area contributed by atoms with Gasteiger partial charge in [0.25, 0.3) is 5.69 Å². The monoisotopic (exact) mass is 577 g/mol. The molecule has 0 atom stereocenters. The zero-order chi connectivity index (χ0) is 25.2. The Morgan fingerprint density at radius 1 is 1.17 bits per heavy atom. The lowest BCUT2D eigenvalue weighted by Crippen LogP contribution is -2.19. The van der Waals surface area contributed by atoms with Crippen LogP contribution >= 0.6 is 39.3 Å². The lowest BCUT2D eigenvalue weighted by atomic mass is 10.2. The number of amides is 1. The first-order valence-electron chi connectivity index (χ1n) is 10.4. The summed E-state index contributed by atoms with van der Waals surface area (Å²) in [5.74, 6) is 0.895. The molecule has 8 nitrogen and oxygen atoms in total. The van der Waals surface area contributed by atoms with E-state index in [0.29, 0.717) is 38.7 Å². The van der Waals surface area contributed by atoms with Gasteiger partial charge in [0.1, 0.15) is 6.61 Å². The molecule has 0 aliphatic rings. The molecule has 182 valence electrons. The van der Waals surface area contributed by atoms with Gasteiger partial charge >= 0.3 is 0 Å². The van der Waals surface area contributed by atoms with E-state index in [2.05, 4.69) is 26.5 Å². The number of nitrogens with one attached hydrogen (secondary N) is 1. The Labute approximate surface area is 219 Å². The number of halogens is 2. The van der Waals surface area contributed by atoms with Gasteiger partial charge in [0.05, 0.1) is 23.5 Å². The van der Waals surface area contributed by atoms with Crippen LogP contribution < -0.4 is 14.9 Å². The summed E-state index contributed by atoms with van der Waals surface area (Å²) < 4.78 is 12.2. The van der Waals surface area contributed by atoms with Gasteiger partial charge < -0.3 is 9.47 Å². The number of rotatable bonds is 11. The largest absolute Gasteiger partial charge is 0.490 e. The molecule has 0 radical (unpaired) electrons. The topological polar surface area (TPSA) is 103 Å². The van der Waals surface area contributed by atoms with Crippen molar-refractivity contribution in [2.75, 3.05) is 12.4 Å². The Bertz CT molecular complexity index is 1220. The van der Waals surface area contributed by atoms with Crippen LogP contribution in [0.5, 0.6) is 11.5 Å². The van der Waals surface area contributed by atoms with Crippen LogP contribution in [0.3, 0.4) is 0 Å². The van der Waals surface area contributed by atoms with Gasteiger partial charge in [-0.2, -0.15) is 5.10 Å². The molecular formula is C24H21BrClN3O5S. The molecule has 0 spiro atoms. The van der Waals surface area contributed by atoms with Crippen LogP contribution in [0.4, 0.5) is 5.69 Å². The Kier molecular flexibility index (Phi) is 9.95. The highest BCUT2D eigenvalue weighted by atomic mass is 79.9. The van der Waals surface area contributed by atoms with E-state index in [1.165, 1.54) is 30.1 Å². The summed E-state index contributed by atoms with van der Waals surface area (Å²) in [5, 5.41) is 15.7. The van der Waals surface area contributed by atoms with Crippen molar-refractivity contribution in [1.82, 2.24) is 5.43 Å². The minimum absolute atomic E-state index is 0.00233. The number of hydrogen-bond acceptors (Lipinski definition) is 7. The molecule has 1 amide bonds. The fourth-order valence-electron chi connectivity index (χ4n) is 2.84. The summed E-state index contributed by atoms with van der Waals surface area (Å²) in [6, 6.07) is 16.9. The molecule has 1 N–H and O–H groups in total. The van der Waals surface area contributed by atoms with Gasteiger partial charge in [0.2, 0.25) is 5.91 Å². The zero-order valence-corrected chi connectivity index (χ0v) is 21.7. The average molecular weight is 579 g/mol. The van der Waals surface area contributed by atoms with Gasteiger partial charge in [-0.25, -0.2) is 5.43 Å². The molecule has 3 aromatic rings. The number of thioether (sulfide) groups is 1. The molecule has 3 rings (SSSR count). The minimum atomic E-state index is -0.449. The quantitative estimate of drug-likeness (QED) is 0.125. The van der Waals surface area contributed by atoms with Crippen molar-refractivity contribution in [2.45, 2.75) is 18.4 Å². The number of carbonyl (C=O) groups excluding carboxylic acids is 1. The maximum absolute atomic E-state index is 12.1. The van der Waals surface area contributed by atoms with E-state index in [-0.39, 0.29) is 24.0 Å². The minimum Gasteiger partial charge on any atom is -0.490 e. The molecule has 0 fully saturated rings. The summed E-state index contributed by atoms with van der Waals surface area (Å²) in [6.45, 7) is 2.38. The fraction of sp³-hybridized carbons (Fsp3) is 0.167. The Balaban J connectivity index is 1.62. The van der Waals surface area contributed by atoms with Crippen molar-refractivity contribution in [3.05, 3.63) is 91.4 Å². The zero-order valence-electron chi connectivity index (χ0n) is 18.6. The molecule has 0 unspecified atom stereocenters. The van der Waals surface area contributed by atoms with Crippen LogP contribution in [0.1, 0.15) is 18.1 Å². The van der Waals surface area contributed by atoms with E-state index in [9.17, 15) is 14.9 Å². The Morgan fingerprint density at radius 3 is 2.63 bits per heavy atom. The molecule has 0 aliphatic carbocycles. The summed E-state index contributed by atoms with van der Waals surface area (Å²) in [7, 11) is 0. The Hall–Kier alpha value is -3.08. The molecule has 0 heterocycles. The number of nitro groups is 1. The molecule has 0 saturated heterocycles. The second-order valence-corrected chi connectivity index (χ2v) is 9.34.